The fourth-order valence-electron chi connectivity index (χ4n) is 1.39. The number of nitro groups is 1. The van der Waals surface area contributed by atoms with Gasteiger partial charge >= 0.3 is 0 Å². The van der Waals surface area contributed by atoms with E-state index in [0.29, 0.717) is 19.6 Å². The molecule has 20 heavy (non-hydrogen) atoms. The van der Waals surface area contributed by atoms with Gasteiger partial charge < -0.3 is 4.74 Å². The molecule has 1 aromatic carbocycles. The van der Waals surface area contributed by atoms with Crippen molar-refractivity contribution in [3.05, 3.63) is 46.0 Å². The minimum Gasteiger partial charge on any atom is -0.380 e. The Morgan fingerprint density at radius 3 is 2.65 bits per heavy atom. The summed E-state index contributed by atoms with van der Waals surface area (Å²) in [5, 5.41) is 10.5. The third-order valence-electron chi connectivity index (χ3n) is 2.45. The van der Waals surface area contributed by atoms with Crippen molar-refractivity contribution in [2.45, 2.75) is 12.8 Å². The summed E-state index contributed by atoms with van der Waals surface area (Å²) in [5.74, 6) is 2.38. The summed E-state index contributed by atoms with van der Waals surface area (Å²) >= 11 is 0. The molecular formula is C15H15NO4. The number of nitrogens with zero attached hydrogens (tertiary/aromatic N) is 1. The number of benzene rings is 1. The Morgan fingerprint density at radius 2 is 2.05 bits per heavy atom. The minimum atomic E-state index is -0.466. The number of hydrogen-bond donors (Lipinski definition) is 0. The first-order valence-corrected chi connectivity index (χ1v) is 6.10. The van der Waals surface area contributed by atoms with Crippen LogP contribution in [-0.2, 0) is 9.53 Å². The molecule has 0 bridgehead atoms. The number of terminal acetylenes is 1. The molecule has 0 aliphatic rings. The summed E-state index contributed by atoms with van der Waals surface area (Å²) in [6.07, 6.45) is 8.94. The van der Waals surface area contributed by atoms with Gasteiger partial charge in [0, 0.05) is 25.0 Å². The average Bonchev–Trinajstić information content (AvgIpc) is 2.45. The number of carbonyl (C=O) groups is 1. The second-order valence-electron chi connectivity index (χ2n) is 3.96. The van der Waals surface area contributed by atoms with Crippen molar-refractivity contribution < 1.29 is 14.5 Å². The molecule has 0 heterocycles. The van der Waals surface area contributed by atoms with Crippen LogP contribution in [0.5, 0.6) is 0 Å². The summed E-state index contributed by atoms with van der Waals surface area (Å²) < 4.78 is 5.17. The molecule has 0 atom stereocenters. The van der Waals surface area contributed by atoms with Gasteiger partial charge in [0.2, 0.25) is 0 Å². The molecule has 0 saturated heterocycles. The van der Waals surface area contributed by atoms with E-state index >= 15 is 0 Å². The van der Waals surface area contributed by atoms with Crippen molar-refractivity contribution in [1.82, 2.24) is 0 Å². The Kier molecular flexibility index (Phi) is 6.72. The van der Waals surface area contributed by atoms with Gasteiger partial charge in [0.25, 0.3) is 5.69 Å². The summed E-state index contributed by atoms with van der Waals surface area (Å²) in [7, 11) is 0. The van der Waals surface area contributed by atoms with Crippen LogP contribution < -0.4 is 0 Å². The summed E-state index contributed by atoms with van der Waals surface area (Å²) in [6, 6.07) is 5.97. The van der Waals surface area contributed by atoms with Crippen LogP contribution in [0.4, 0.5) is 5.69 Å². The van der Waals surface area contributed by atoms with E-state index in [2.05, 4.69) is 5.92 Å². The van der Waals surface area contributed by atoms with Crippen molar-refractivity contribution in [2.24, 2.45) is 0 Å². The molecule has 0 saturated carbocycles. The van der Waals surface area contributed by atoms with Gasteiger partial charge in [-0.3, -0.25) is 14.9 Å². The van der Waals surface area contributed by atoms with Crippen molar-refractivity contribution in [3.63, 3.8) is 0 Å². The van der Waals surface area contributed by atoms with Crippen LogP contribution in [0.3, 0.4) is 0 Å². The maximum atomic E-state index is 11.5. The van der Waals surface area contributed by atoms with Crippen LogP contribution in [0.1, 0.15) is 18.4 Å². The predicted molar refractivity (Wildman–Crippen MR) is 76.0 cm³/mol. The molecule has 0 aliphatic carbocycles. The van der Waals surface area contributed by atoms with Crippen LogP contribution in [0, 0.1) is 22.5 Å². The van der Waals surface area contributed by atoms with Gasteiger partial charge in [-0.2, -0.15) is 0 Å². The fraction of sp³-hybridized carbons (Fsp3) is 0.267. The molecule has 0 unspecified atom stereocenters. The number of non-ortho nitro benzene ring substituents is 1. The Bertz CT molecular complexity index is 526. The normalized spacial score (nSPS) is 10.3. The number of ether oxygens (including phenoxy) is 1. The third-order valence-corrected chi connectivity index (χ3v) is 2.45. The van der Waals surface area contributed by atoms with Gasteiger partial charge in [0.05, 0.1) is 18.1 Å². The summed E-state index contributed by atoms with van der Waals surface area (Å²) in [6.45, 7) is 0.793. The van der Waals surface area contributed by atoms with Crippen LogP contribution in [0.25, 0.3) is 6.08 Å². The number of hydrogen-bond acceptors (Lipinski definition) is 4. The fourth-order valence-corrected chi connectivity index (χ4v) is 1.39. The molecular weight excluding hydrogens is 258 g/mol. The number of allylic oxidation sites excluding steroid dienone is 1. The maximum Gasteiger partial charge on any atom is 0.269 e. The monoisotopic (exact) mass is 273 g/mol. The highest BCUT2D eigenvalue weighted by Gasteiger charge is 2.02. The van der Waals surface area contributed by atoms with Crippen molar-refractivity contribution >= 4 is 17.5 Å². The number of rotatable bonds is 8. The van der Waals surface area contributed by atoms with Crippen LogP contribution in [0.15, 0.2) is 30.3 Å². The second-order valence-corrected chi connectivity index (χ2v) is 3.96. The molecule has 1 rings (SSSR count). The highest BCUT2D eigenvalue weighted by molar-refractivity contribution is 5.93. The molecule has 0 amide bonds. The Labute approximate surface area is 117 Å². The maximum absolute atomic E-state index is 11.5. The zero-order valence-corrected chi connectivity index (χ0v) is 11.0. The smallest absolute Gasteiger partial charge is 0.269 e. The summed E-state index contributed by atoms with van der Waals surface area (Å²) in [5.41, 5.74) is 0.757. The van der Waals surface area contributed by atoms with Gasteiger partial charge in [0.1, 0.15) is 0 Å². The lowest BCUT2D eigenvalue weighted by atomic mass is 10.1. The van der Waals surface area contributed by atoms with E-state index in [0.717, 1.165) is 5.56 Å². The number of nitro benzene ring substituents is 1. The van der Waals surface area contributed by atoms with Gasteiger partial charge in [0.15, 0.2) is 5.78 Å². The summed E-state index contributed by atoms with van der Waals surface area (Å²) in [4.78, 5) is 21.5. The molecule has 0 spiro atoms. The third kappa shape index (κ3) is 5.94. The first kappa shape index (κ1) is 15.6. The van der Waals surface area contributed by atoms with E-state index in [1.807, 2.05) is 0 Å². The molecule has 5 nitrogen and oxygen atoms in total. The second kappa shape index (κ2) is 8.62. The zero-order valence-electron chi connectivity index (χ0n) is 11.0. The zero-order chi connectivity index (χ0) is 14.8. The molecule has 104 valence electrons. The SMILES string of the molecule is C#CCCOCCC(=O)/C=C/c1ccc([N+](=O)[O-])cc1. The van der Waals surface area contributed by atoms with Crippen LogP contribution >= 0.6 is 0 Å². The predicted octanol–water partition coefficient (Wildman–Crippen LogP) is 2.61. The Balaban J connectivity index is 2.37. The Morgan fingerprint density at radius 1 is 1.35 bits per heavy atom. The van der Waals surface area contributed by atoms with Gasteiger partial charge in [-0.05, 0) is 23.8 Å². The topological polar surface area (TPSA) is 69.4 Å². The first-order valence-electron chi connectivity index (χ1n) is 6.10. The lowest BCUT2D eigenvalue weighted by Gasteiger charge is -1.99. The lowest BCUT2D eigenvalue weighted by molar-refractivity contribution is -0.384. The van der Waals surface area contributed by atoms with E-state index < -0.39 is 4.92 Å². The number of ketones is 1. The molecule has 0 fully saturated rings. The van der Waals surface area contributed by atoms with Gasteiger partial charge in [-0.1, -0.05) is 6.08 Å². The average molecular weight is 273 g/mol. The van der Waals surface area contributed by atoms with Crippen molar-refractivity contribution in [1.29, 1.82) is 0 Å². The highest BCUT2D eigenvalue weighted by Crippen LogP contribution is 2.12. The van der Waals surface area contributed by atoms with Gasteiger partial charge in [-0.25, -0.2) is 0 Å². The standard InChI is InChI=1S/C15H15NO4/c1-2-3-11-20-12-10-15(17)9-6-13-4-7-14(8-5-13)16(18)19/h1,4-9H,3,10-12H2/b9-6+. The van der Waals surface area contributed by atoms with Gasteiger partial charge in [-0.15, -0.1) is 12.3 Å². The molecule has 0 aromatic heterocycles. The van der Waals surface area contributed by atoms with E-state index in [4.69, 9.17) is 11.2 Å². The molecule has 1 aromatic rings. The molecule has 0 aliphatic heterocycles. The largest absolute Gasteiger partial charge is 0.380 e. The molecule has 0 N–H and O–H groups in total. The van der Waals surface area contributed by atoms with Crippen LogP contribution in [0.2, 0.25) is 0 Å². The van der Waals surface area contributed by atoms with E-state index in [1.54, 1.807) is 18.2 Å². The van der Waals surface area contributed by atoms with Crippen LogP contribution in [-0.4, -0.2) is 23.9 Å². The first-order chi connectivity index (χ1) is 9.63. The Hall–Kier alpha value is -2.45. The van der Waals surface area contributed by atoms with E-state index in [9.17, 15) is 14.9 Å². The highest BCUT2D eigenvalue weighted by atomic mass is 16.6. The minimum absolute atomic E-state index is 0.0235. The number of carbonyl (C=O) groups excluding carboxylic acids is 1. The molecule has 5 heteroatoms. The van der Waals surface area contributed by atoms with E-state index in [-0.39, 0.29) is 17.9 Å². The quantitative estimate of drug-likeness (QED) is 0.240. The van der Waals surface area contributed by atoms with Crippen molar-refractivity contribution in [2.75, 3.05) is 13.2 Å². The molecule has 0 radical (unpaired) electrons. The van der Waals surface area contributed by atoms with Crippen molar-refractivity contribution in [3.8, 4) is 12.3 Å². The van der Waals surface area contributed by atoms with E-state index in [1.165, 1.54) is 18.2 Å². The lowest BCUT2D eigenvalue weighted by Crippen LogP contribution is -2.02.